The summed E-state index contributed by atoms with van der Waals surface area (Å²) < 4.78 is 0. The molecule has 3 atom stereocenters. The molecule has 0 saturated heterocycles. The predicted octanol–water partition coefficient (Wildman–Crippen LogP) is 3.70. The minimum Gasteiger partial charge on any atom is -0.507 e. The maximum Gasteiger partial charge on any atom is 0.141 e. The SMILES string of the molecule is CC(C)c1ccc2c(c1O)CCC1C(C)(CO)C(=O)CCC21C. The summed E-state index contributed by atoms with van der Waals surface area (Å²) in [5, 5.41) is 20.7. The Morgan fingerprint density at radius 1 is 1.26 bits per heavy atom. The number of aliphatic hydroxyl groups is 1. The number of fused-ring (bicyclic) bond motifs is 3. The van der Waals surface area contributed by atoms with Crippen LogP contribution in [0.5, 0.6) is 5.75 Å². The van der Waals surface area contributed by atoms with Crippen LogP contribution in [0, 0.1) is 11.3 Å². The summed E-state index contributed by atoms with van der Waals surface area (Å²) in [6.45, 7) is 8.24. The highest BCUT2D eigenvalue weighted by Gasteiger charge is 2.55. The van der Waals surface area contributed by atoms with E-state index in [-0.39, 0.29) is 23.7 Å². The van der Waals surface area contributed by atoms with Crippen LogP contribution in [0.4, 0.5) is 0 Å². The van der Waals surface area contributed by atoms with Gasteiger partial charge in [-0.15, -0.1) is 0 Å². The lowest BCUT2D eigenvalue weighted by atomic mass is 9.49. The summed E-state index contributed by atoms with van der Waals surface area (Å²) in [6, 6.07) is 4.20. The van der Waals surface area contributed by atoms with Gasteiger partial charge in [0, 0.05) is 6.42 Å². The van der Waals surface area contributed by atoms with E-state index in [1.807, 2.05) is 13.0 Å². The summed E-state index contributed by atoms with van der Waals surface area (Å²) in [5.41, 5.74) is 2.44. The first-order chi connectivity index (χ1) is 10.8. The number of ketones is 1. The van der Waals surface area contributed by atoms with Gasteiger partial charge in [0.15, 0.2) is 0 Å². The molecule has 2 aliphatic rings. The molecule has 1 saturated carbocycles. The van der Waals surface area contributed by atoms with Crippen LogP contribution in [-0.4, -0.2) is 22.6 Å². The van der Waals surface area contributed by atoms with Gasteiger partial charge < -0.3 is 10.2 Å². The van der Waals surface area contributed by atoms with E-state index >= 15 is 0 Å². The number of benzene rings is 1. The molecule has 126 valence electrons. The highest BCUT2D eigenvalue weighted by atomic mass is 16.3. The maximum atomic E-state index is 12.5. The number of Topliss-reactive ketones (excluding diaryl/α,β-unsaturated/α-hetero) is 1. The summed E-state index contributed by atoms with van der Waals surface area (Å²) in [5.74, 6) is 1.06. The van der Waals surface area contributed by atoms with Gasteiger partial charge in [-0.25, -0.2) is 0 Å². The molecule has 0 aromatic heterocycles. The van der Waals surface area contributed by atoms with Crippen molar-refractivity contribution < 1.29 is 15.0 Å². The molecule has 3 rings (SSSR count). The summed E-state index contributed by atoms with van der Waals surface area (Å²) in [7, 11) is 0. The fraction of sp³-hybridized carbons (Fsp3) is 0.650. The average molecular weight is 316 g/mol. The summed E-state index contributed by atoms with van der Waals surface area (Å²) in [6.07, 6.45) is 2.95. The predicted molar refractivity (Wildman–Crippen MR) is 90.8 cm³/mol. The molecule has 0 bridgehead atoms. The number of carbonyl (C=O) groups excluding carboxylic acids is 1. The first-order valence-corrected chi connectivity index (χ1v) is 8.75. The van der Waals surface area contributed by atoms with Crippen molar-refractivity contribution >= 4 is 5.78 Å². The molecule has 1 aromatic carbocycles. The third-order valence-electron chi connectivity index (χ3n) is 6.61. The lowest BCUT2D eigenvalue weighted by molar-refractivity contribution is -0.142. The van der Waals surface area contributed by atoms with Crippen LogP contribution in [0.1, 0.15) is 69.6 Å². The normalized spacial score (nSPS) is 33.5. The summed E-state index contributed by atoms with van der Waals surface area (Å²) in [4.78, 5) is 12.5. The minimum atomic E-state index is -0.656. The van der Waals surface area contributed by atoms with E-state index in [1.165, 1.54) is 5.56 Å². The van der Waals surface area contributed by atoms with E-state index < -0.39 is 5.41 Å². The zero-order valence-electron chi connectivity index (χ0n) is 14.6. The number of aliphatic hydroxyl groups excluding tert-OH is 1. The van der Waals surface area contributed by atoms with E-state index in [0.717, 1.165) is 30.4 Å². The maximum absolute atomic E-state index is 12.5. The summed E-state index contributed by atoms with van der Waals surface area (Å²) >= 11 is 0. The monoisotopic (exact) mass is 316 g/mol. The van der Waals surface area contributed by atoms with Gasteiger partial charge in [0.2, 0.25) is 0 Å². The Kier molecular flexibility index (Phi) is 3.83. The van der Waals surface area contributed by atoms with Crippen molar-refractivity contribution in [3.63, 3.8) is 0 Å². The van der Waals surface area contributed by atoms with Crippen molar-refractivity contribution in [2.45, 2.75) is 64.7 Å². The van der Waals surface area contributed by atoms with Crippen LogP contribution in [0.3, 0.4) is 0 Å². The van der Waals surface area contributed by atoms with Gasteiger partial charge in [0.25, 0.3) is 0 Å². The average Bonchev–Trinajstić information content (AvgIpc) is 2.51. The second kappa shape index (κ2) is 5.34. The number of carbonyl (C=O) groups is 1. The van der Waals surface area contributed by atoms with Crippen LogP contribution >= 0.6 is 0 Å². The number of phenols is 1. The highest BCUT2D eigenvalue weighted by molar-refractivity contribution is 5.86. The van der Waals surface area contributed by atoms with Crippen LogP contribution in [0.15, 0.2) is 12.1 Å². The minimum absolute atomic E-state index is 0.0858. The van der Waals surface area contributed by atoms with Crippen molar-refractivity contribution in [3.8, 4) is 5.75 Å². The van der Waals surface area contributed by atoms with Gasteiger partial charge in [-0.3, -0.25) is 4.79 Å². The van der Waals surface area contributed by atoms with E-state index in [2.05, 4.69) is 26.8 Å². The van der Waals surface area contributed by atoms with Crippen molar-refractivity contribution in [1.29, 1.82) is 0 Å². The Morgan fingerprint density at radius 2 is 1.96 bits per heavy atom. The number of rotatable bonds is 2. The molecule has 23 heavy (non-hydrogen) atoms. The Bertz CT molecular complexity index is 649. The Hall–Kier alpha value is -1.35. The van der Waals surface area contributed by atoms with Gasteiger partial charge in [-0.1, -0.05) is 39.8 Å². The van der Waals surface area contributed by atoms with E-state index in [4.69, 9.17) is 0 Å². The second-order valence-electron chi connectivity index (χ2n) is 8.19. The molecule has 3 unspecified atom stereocenters. The van der Waals surface area contributed by atoms with E-state index in [0.29, 0.717) is 18.1 Å². The first kappa shape index (κ1) is 16.5. The number of phenolic OH excluding ortho intramolecular Hbond substituents is 1. The molecule has 3 nitrogen and oxygen atoms in total. The van der Waals surface area contributed by atoms with Crippen LogP contribution in [0.25, 0.3) is 0 Å². The number of aromatic hydroxyl groups is 1. The zero-order valence-corrected chi connectivity index (χ0v) is 14.6. The molecular weight excluding hydrogens is 288 g/mol. The second-order valence-corrected chi connectivity index (χ2v) is 8.19. The van der Waals surface area contributed by atoms with E-state index in [9.17, 15) is 15.0 Å². The molecule has 0 spiro atoms. The molecule has 0 aliphatic heterocycles. The van der Waals surface area contributed by atoms with Crippen molar-refractivity contribution in [2.24, 2.45) is 11.3 Å². The smallest absolute Gasteiger partial charge is 0.141 e. The first-order valence-electron chi connectivity index (χ1n) is 8.75. The zero-order chi connectivity index (χ0) is 17.0. The molecular formula is C20H28O3. The van der Waals surface area contributed by atoms with Crippen LogP contribution in [0.2, 0.25) is 0 Å². The topological polar surface area (TPSA) is 57.5 Å². The molecule has 2 N–H and O–H groups in total. The third-order valence-corrected chi connectivity index (χ3v) is 6.61. The molecule has 1 aromatic rings. The molecule has 3 heteroatoms. The van der Waals surface area contributed by atoms with E-state index in [1.54, 1.807) is 0 Å². The van der Waals surface area contributed by atoms with Gasteiger partial charge in [0.1, 0.15) is 11.5 Å². The van der Waals surface area contributed by atoms with Crippen molar-refractivity contribution in [2.75, 3.05) is 6.61 Å². The van der Waals surface area contributed by atoms with Crippen molar-refractivity contribution in [1.82, 2.24) is 0 Å². The fourth-order valence-electron chi connectivity index (χ4n) is 5.09. The van der Waals surface area contributed by atoms with Gasteiger partial charge in [-0.05, 0) is 53.2 Å². The Labute approximate surface area is 138 Å². The highest BCUT2D eigenvalue weighted by Crippen LogP contribution is 2.57. The molecule has 1 fully saturated rings. The molecule has 2 aliphatic carbocycles. The standard InChI is InChI=1S/C20H28O3/c1-12(2)13-5-7-15-14(18(13)23)6-8-16-19(15,3)10-9-17(22)20(16,4)11-21/h5,7,12,16,21,23H,6,8-11H2,1-4H3. The fourth-order valence-corrected chi connectivity index (χ4v) is 5.09. The molecule has 0 amide bonds. The molecule has 0 heterocycles. The largest absolute Gasteiger partial charge is 0.507 e. The van der Waals surface area contributed by atoms with Crippen LogP contribution < -0.4 is 0 Å². The van der Waals surface area contributed by atoms with Crippen LogP contribution in [-0.2, 0) is 16.6 Å². The van der Waals surface area contributed by atoms with Gasteiger partial charge in [0.05, 0.1) is 12.0 Å². The Balaban J connectivity index is 2.14. The quantitative estimate of drug-likeness (QED) is 0.874. The third kappa shape index (κ3) is 2.16. The van der Waals surface area contributed by atoms with Gasteiger partial charge in [-0.2, -0.15) is 0 Å². The Morgan fingerprint density at radius 3 is 2.57 bits per heavy atom. The molecule has 0 radical (unpaired) electrons. The lowest BCUT2D eigenvalue weighted by Crippen LogP contribution is -2.55. The number of hydrogen-bond acceptors (Lipinski definition) is 3. The van der Waals surface area contributed by atoms with Gasteiger partial charge >= 0.3 is 0 Å². The van der Waals surface area contributed by atoms with Crippen molar-refractivity contribution in [3.05, 3.63) is 28.8 Å². The number of hydrogen-bond donors (Lipinski definition) is 2. The lowest BCUT2D eigenvalue weighted by Gasteiger charge is -2.54.